The summed E-state index contributed by atoms with van der Waals surface area (Å²) in [4.78, 5) is 31.3. The van der Waals surface area contributed by atoms with E-state index in [0.29, 0.717) is 5.23 Å². The van der Waals surface area contributed by atoms with Gasteiger partial charge in [0.1, 0.15) is 0 Å². The van der Waals surface area contributed by atoms with Crippen molar-refractivity contribution >= 4 is 12.2 Å². The molecule has 0 bridgehead atoms. The van der Waals surface area contributed by atoms with E-state index in [4.69, 9.17) is 5.26 Å². The Kier molecular flexibility index (Phi) is 8.32. The van der Waals surface area contributed by atoms with Crippen molar-refractivity contribution in [3.8, 4) is 6.07 Å². The molecule has 0 unspecified atom stereocenters. The third-order valence-electron chi connectivity index (χ3n) is 1.35. The lowest BCUT2D eigenvalue weighted by Gasteiger charge is -2.16. The number of carbonyl (C=O) groups is 2. The summed E-state index contributed by atoms with van der Waals surface area (Å²) < 4.78 is 0. The second-order valence-corrected chi connectivity index (χ2v) is 2.75. The molecular weight excluding hydrogens is 240 g/mol. The Balaban J connectivity index is 4.16. The molecule has 98 valence electrons. The fourth-order valence-electron chi connectivity index (χ4n) is 0.701. The fraction of sp³-hybridized carbons (Fsp3) is 0.300. The Hall–Kier alpha value is -2.53. The largest absolute Gasteiger partial charge is 0.429 e. The van der Waals surface area contributed by atoms with Gasteiger partial charge < -0.3 is 20.3 Å². The molecule has 0 saturated carbocycles. The molecule has 0 rings (SSSR count). The smallest absolute Gasteiger partial charge is 0.316 e. The van der Waals surface area contributed by atoms with Crippen LogP contribution in [0.15, 0.2) is 25.3 Å². The maximum atomic E-state index is 11.1. The topological polar surface area (TPSA) is 104 Å². The first-order chi connectivity index (χ1) is 8.63. The van der Waals surface area contributed by atoms with E-state index in [1.54, 1.807) is 6.07 Å². The molecule has 0 fully saturated rings. The van der Waals surface area contributed by atoms with Crippen molar-refractivity contribution in [3.63, 3.8) is 0 Å². The summed E-state index contributed by atoms with van der Waals surface area (Å²) in [5, 5.41) is 13.5. The molecule has 0 heterocycles. The number of hydrogen-bond donors (Lipinski definition) is 2. The van der Waals surface area contributed by atoms with Gasteiger partial charge in [-0.25, -0.2) is 9.59 Å². The number of nitrogens with one attached hydrogen (secondary N) is 2. The van der Waals surface area contributed by atoms with Crippen molar-refractivity contribution in [2.75, 3.05) is 19.6 Å². The van der Waals surface area contributed by atoms with Crippen LogP contribution in [-0.2, 0) is 9.68 Å². The maximum absolute atomic E-state index is 11.1. The molecule has 0 radical (unpaired) electrons. The van der Waals surface area contributed by atoms with E-state index < -0.39 is 18.7 Å². The van der Waals surface area contributed by atoms with E-state index in [2.05, 4.69) is 33.5 Å². The van der Waals surface area contributed by atoms with E-state index in [1.165, 1.54) is 12.2 Å². The summed E-state index contributed by atoms with van der Waals surface area (Å²) in [7, 11) is 0. The highest BCUT2D eigenvalue weighted by molar-refractivity contribution is 5.68. The molecule has 2 N–H and O–H groups in total. The first-order valence-corrected chi connectivity index (χ1v) is 4.92. The number of hydroxylamine groups is 2. The second kappa shape index (κ2) is 9.68. The van der Waals surface area contributed by atoms with Gasteiger partial charge >= 0.3 is 12.2 Å². The van der Waals surface area contributed by atoms with E-state index >= 15 is 0 Å². The molecule has 0 spiro atoms. The minimum Gasteiger partial charge on any atom is -0.316 e. The Labute approximate surface area is 104 Å². The zero-order valence-corrected chi connectivity index (χ0v) is 9.72. The van der Waals surface area contributed by atoms with Crippen LogP contribution in [0.4, 0.5) is 9.59 Å². The van der Waals surface area contributed by atoms with Gasteiger partial charge in [0.2, 0.25) is 0 Å². The van der Waals surface area contributed by atoms with Crippen molar-refractivity contribution in [1.29, 1.82) is 5.26 Å². The summed E-state index contributed by atoms with van der Waals surface area (Å²) >= 11 is 0. The van der Waals surface area contributed by atoms with Gasteiger partial charge in [0.05, 0.1) is 11.3 Å². The summed E-state index contributed by atoms with van der Waals surface area (Å²) in [6.45, 7) is 6.72. The van der Waals surface area contributed by atoms with Gasteiger partial charge in [0, 0.05) is 13.1 Å². The molecule has 2 amide bonds. The van der Waals surface area contributed by atoms with Gasteiger partial charge in [-0.3, -0.25) is 0 Å². The van der Waals surface area contributed by atoms with Gasteiger partial charge in [0.25, 0.3) is 0 Å². The maximum Gasteiger partial charge on any atom is 0.429 e. The highest BCUT2D eigenvalue weighted by Gasteiger charge is 2.15. The van der Waals surface area contributed by atoms with E-state index in [0.717, 1.165) is 0 Å². The van der Waals surface area contributed by atoms with Gasteiger partial charge in [-0.15, -0.1) is 13.2 Å². The number of nitriles is 1. The molecule has 8 nitrogen and oxygen atoms in total. The highest BCUT2D eigenvalue weighted by atomic mass is 17.0. The van der Waals surface area contributed by atoms with Crippen LogP contribution in [0.2, 0.25) is 0 Å². The minimum absolute atomic E-state index is 0.182. The first kappa shape index (κ1) is 15.5. The van der Waals surface area contributed by atoms with Crippen molar-refractivity contribution in [1.82, 2.24) is 15.9 Å². The normalized spacial score (nSPS) is 8.89. The highest BCUT2D eigenvalue weighted by Crippen LogP contribution is 1.93. The van der Waals surface area contributed by atoms with Crippen molar-refractivity contribution in [2.24, 2.45) is 0 Å². The Morgan fingerprint density at radius 2 is 1.61 bits per heavy atom. The molecule has 0 aliphatic rings. The zero-order valence-electron chi connectivity index (χ0n) is 9.72. The molecule has 8 heteroatoms. The zero-order chi connectivity index (χ0) is 13.8. The molecule has 0 saturated heterocycles. The number of carbonyl (C=O) groups excluding carboxylic acids is 2. The monoisotopic (exact) mass is 254 g/mol. The average Bonchev–Trinajstić information content (AvgIpc) is 2.34. The Bertz CT molecular complexity index is 324. The predicted molar refractivity (Wildman–Crippen MR) is 61.7 cm³/mol. The van der Waals surface area contributed by atoms with Crippen LogP contribution in [-0.4, -0.2) is 37.0 Å². The summed E-state index contributed by atoms with van der Waals surface area (Å²) in [5.41, 5.74) is 0. The van der Waals surface area contributed by atoms with Crippen molar-refractivity contribution < 1.29 is 19.3 Å². The van der Waals surface area contributed by atoms with Crippen LogP contribution in [0, 0.1) is 11.3 Å². The van der Waals surface area contributed by atoms with E-state index in [9.17, 15) is 9.59 Å². The Morgan fingerprint density at radius 1 is 1.17 bits per heavy atom. The second-order valence-electron chi connectivity index (χ2n) is 2.75. The lowest BCUT2D eigenvalue weighted by molar-refractivity contribution is -0.288. The summed E-state index contributed by atoms with van der Waals surface area (Å²) in [5.74, 6) is 0. The van der Waals surface area contributed by atoms with Crippen LogP contribution in [0.25, 0.3) is 0 Å². The molecule has 0 aromatic rings. The lowest BCUT2D eigenvalue weighted by Crippen LogP contribution is -2.38. The third kappa shape index (κ3) is 7.72. The van der Waals surface area contributed by atoms with Crippen LogP contribution >= 0.6 is 0 Å². The van der Waals surface area contributed by atoms with Gasteiger partial charge in [-0.05, 0) is 0 Å². The molecule has 0 aliphatic heterocycles. The standard InChI is InChI=1S/C10H14N4O4/c1-3-6-12-9(15)17-14(8-5-11)18-10(16)13-7-4-2/h3-4H,1-2,6-8H2,(H,12,15)(H,13,16). The SMILES string of the molecule is C=CCNC(=O)ON(CC#N)OC(=O)NCC=C. The van der Waals surface area contributed by atoms with Crippen molar-refractivity contribution in [2.45, 2.75) is 0 Å². The number of nitrogens with zero attached hydrogens (tertiary/aromatic N) is 2. The minimum atomic E-state index is -0.873. The lowest BCUT2D eigenvalue weighted by atomic mass is 10.6. The van der Waals surface area contributed by atoms with Crippen LogP contribution < -0.4 is 10.6 Å². The third-order valence-corrected chi connectivity index (χ3v) is 1.35. The van der Waals surface area contributed by atoms with E-state index in [1.807, 2.05) is 0 Å². The number of amides is 2. The number of rotatable bonds is 7. The van der Waals surface area contributed by atoms with Crippen LogP contribution in [0.5, 0.6) is 0 Å². The molecule has 0 aromatic heterocycles. The van der Waals surface area contributed by atoms with Gasteiger partial charge in [-0.1, -0.05) is 12.2 Å². The molecule has 0 atom stereocenters. The van der Waals surface area contributed by atoms with Gasteiger partial charge in [0.15, 0.2) is 6.54 Å². The predicted octanol–water partition coefficient (Wildman–Crippen LogP) is 0.466. The quantitative estimate of drug-likeness (QED) is 0.389. The van der Waals surface area contributed by atoms with Crippen molar-refractivity contribution in [3.05, 3.63) is 25.3 Å². The molecule has 18 heavy (non-hydrogen) atoms. The summed E-state index contributed by atoms with van der Waals surface area (Å²) in [6, 6.07) is 1.67. The molecule has 0 aliphatic carbocycles. The average molecular weight is 254 g/mol. The molecular formula is C10H14N4O4. The van der Waals surface area contributed by atoms with Gasteiger partial charge in [-0.2, -0.15) is 5.26 Å². The van der Waals surface area contributed by atoms with Crippen LogP contribution in [0.3, 0.4) is 0 Å². The first-order valence-electron chi connectivity index (χ1n) is 4.92. The summed E-state index contributed by atoms with van der Waals surface area (Å²) in [6.07, 6.45) is 1.13. The molecule has 0 aromatic carbocycles. The van der Waals surface area contributed by atoms with E-state index in [-0.39, 0.29) is 13.1 Å². The number of hydrogen-bond acceptors (Lipinski definition) is 6. The Morgan fingerprint density at radius 3 is 1.94 bits per heavy atom. The fourth-order valence-corrected chi connectivity index (χ4v) is 0.701. The van der Waals surface area contributed by atoms with Crippen LogP contribution in [0.1, 0.15) is 0 Å².